The maximum atomic E-state index is 13.7. The first kappa shape index (κ1) is 18.1. The van der Waals surface area contributed by atoms with Crippen molar-refractivity contribution in [2.75, 3.05) is 19.6 Å². The molecule has 4 heteroatoms. The van der Waals surface area contributed by atoms with Crippen LogP contribution in [0.25, 0.3) is 0 Å². The molecule has 1 N–H and O–H groups in total. The lowest BCUT2D eigenvalue weighted by atomic mass is 9.95. The van der Waals surface area contributed by atoms with Crippen LogP contribution in [0.5, 0.6) is 0 Å². The van der Waals surface area contributed by atoms with Crippen LogP contribution in [0, 0.1) is 11.7 Å². The predicted molar refractivity (Wildman–Crippen MR) is 98.6 cm³/mol. The van der Waals surface area contributed by atoms with Gasteiger partial charge in [0, 0.05) is 24.6 Å². The van der Waals surface area contributed by atoms with E-state index in [1.807, 2.05) is 12.1 Å². The normalized spacial score (nSPS) is 19.5. The third-order valence-corrected chi connectivity index (χ3v) is 5.44. The zero-order valence-electron chi connectivity index (χ0n) is 15.0. The number of halogens is 1. The fourth-order valence-electron chi connectivity index (χ4n) is 3.84. The third-order valence-electron chi connectivity index (χ3n) is 5.44. The second-order valence-electron chi connectivity index (χ2n) is 7.29. The van der Waals surface area contributed by atoms with E-state index in [9.17, 15) is 9.18 Å². The number of carbonyl (C=O) groups is 1. The summed E-state index contributed by atoms with van der Waals surface area (Å²) in [5, 5.41) is 3.12. The van der Waals surface area contributed by atoms with Crippen LogP contribution in [-0.2, 0) is 11.3 Å². The standard InChI is InChI=1S/C21H29FN2O/c22-20-9-5-4-8-19(20)16-24-14-11-18(12-15-24)21(25)23-13-10-17-6-2-1-3-7-17/h4-6,8-9,18H,1-3,7,10-16H2,(H,23,25). The van der Waals surface area contributed by atoms with Crippen molar-refractivity contribution in [3.05, 3.63) is 47.3 Å². The van der Waals surface area contributed by atoms with E-state index in [2.05, 4.69) is 16.3 Å². The highest BCUT2D eigenvalue weighted by atomic mass is 19.1. The Morgan fingerprint density at radius 1 is 1.20 bits per heavy atom. The fraction of sp³-hybridized carbons (Fsp3) is 0.571. The minimum absolute atomic E-state index is 0.109. The van der Waals surface area contributed by atoms with Crippen molar-refractivity contribution >= 4 is 5.91 Å². The molecule has 0 atom stereocenters. The van der Waals surface area contributed by atoms with Gasteiger partial charge in [-0.2, -0.15) is 0 Å². The van der Waals surface area contributed by atoms with Crippen LogP contribution in [0.4, 0.5) is 4.39 Å². The van der Waals surface area contributed by atoms with Crippen LogP contribution < -0.4 is 5.32 Å². The van der Waals surface area contributed by atoms with Crippen LogP contribution in [0.2, 0.25) is 0 Å². The summed E-state index contributed by atoms with van der Waals surface area (Å²) in [4.78, 5) is 14.6. The van der Waals surface area contributed by atoms with Crippen LogP contribution in [0.3, 0.4) is 0 Å². The summed E-state index contributed by atoms with van der Waals surface area (Å²) in [7, 11) is 0. The van der Waals surface area contributed by atoms with Gasteiger partial charge < -0.3 is 5.32 Å². The van der Waals surface area contributed by atoms with Crippen LogP contribution >= 0.6 is 0 Å². The first-order valence-electron chi connectivity index (χ1n) is 9.64. The quantitative estimate of drug-likeness (QED) is 0.790. The Labute approximate surface area is 150 Å². The number of allylic oxidation sites excluding steroid dienone is 1. The molecular formula is C21H29FN2O. The van der Waals surface area contributed by atoms with Crippen LogP contribution in [0.1, 0.15) is 50.5 Å². The van der Waals surface area contributed by atoms with Gasteiger partial charge in [0.1, 0.15) is 5.82 Å². The number of benzene rings is 1. The highest BCUT2D eigenvalue weighted by Gasteiger charge is 2.25. The lowest BCUT2D eigenvalue weighted by molar-refractivity contribution is -0.126. The molecule has 0 spiro atoms. The lowest BCUT2D eigenvalue weighted by Crippen LogP contribution is -2.40. The SMILES string of the molecule is O=C(NCCC1=CCCCC1)C1CCN(Cc2ccccc2F)CC1. The fourth-order valence-corrected chi connectivity index (χ4v) is 3.84. The molecular weight excluding hydrogens is 315 g/mol. The number of hydrogen-bond donors (Lipinski definition) is 1. The molecule has 3 nitrogen and oxygen atoms in total. The Hall–Kier alpha value is -1.68. The third kappa shape index (κ3) is 5.40. The van der Waals surface area contributed by atoms with Gasteiger partial charge in [-0.3, -0.25) is 9.69 Å². The molecule has 1 aliphatic heterocycles. The van der Waals surface area contributed by atoms with Crippen molar-refractivity contribution in [3.63, 3.8) is 0 Å². The Kier molecular flexibility index (Phi) is 6.62. The molecule has 0 saturated carbocycles. The predicted octanol–water partition coefficient (Wildman–Crippen LogP) is 4.04. The molecule has 3 rings (SSSR count). The van der Waals surface area contributed by atoms with E-state index >= 15 is 0 Å². The second-order valence-corrected chi connectivity index (χ2v) is 7.29. The molecule has 0 aromatic heterocycles. The van der Waals surface area contributed by atoms with Crippen molar-refractivity contribution in [1.29, 1.82) is 0 Å². The average Bonchev–Trinajstić information content (AvgIpc) is 2.65. The van der Waals surface area contributed by atoms with E-state index in [1.54, 1.807) is 6.07 Å². The Balaban J connectivity index is 1.37. The van der Waals surface area contributed by atoms with E-state index in [0.29, 0.717) is 6.54 Å². The molecule has 0 unspecified atom stereocenters. The van der Waals surface area contributed by atoms with Gasteiger partial charge in [0.2, 0.25) is 5.91 Å². The van der Waals surface area contributed by atoms with E-state index in [-0.39, 0.29) is 17.6 Å². The van der Waals surface area contributed by atoms with E-state index < -0.39 is 0 Å². The lowest BCUT2D eigenvalue weighted by Gasteiger charge is -2.31. The number of amides is 1. The summed E-state index contributed by atoms with van der Waals surface area (Å²) >= 11 is 0. The van der Waals surface area contributed by atoms with Gasteiger partial charge in [0.25, 0.3) is 0 Å². The van der Waals surface area contributed by atoms with Crippen molar-refractivity contribution in [2.24, 2.45) is 5.92 Å². The zero-order valence-corrected chi connectivity index (χ0v) is 15.0. The van der Waals surface area contributed by atoms with Gasteiger partial charge in [-0.1, -0.05) is 29.8 Å². The van der Waals surface area contributed by atoms with Gasteiger partial charge in [-0.15, -0.1) is 0 Å². The smallest absolute Gasteiger partial charge is 0.223 e. The van der Waals surface area contributed by atoms with Gasteiger partial charge in [0.05, 0.1) is 0 Å². The molecule has 0 radical (unpaired) electrons. The molecule has 0 bridgehead atoms. The molecule has 1 aliphatic carbocycles. The highest BCUT2D eigenvalue weighted by molar-refractivity contribution is 5.78. The summed E-state index contributed by atoms with van der Waals surface area (Å²) in [5.41, 5.74) is 2.25. The van der Waals surface area contributed by atoms with Crippen molar-refractivity contribution in [1.82, 2.24) is 10.2 Å². The molecule has 2 aliphatic rings. The van der Waals surface area contributed by atoms with Gasteiger partial charge in [0.15, 0.2) is 0 Å². The molecule has 1 heterocycles. The highest BCUT2D eigenvalue weighted by Crippen LogP contribution is 2.21. The Bertz CT molecular complexity index is 606. The maximum Gasteiger partial charge on any atom is 0.223 e. The molecule has 1 amide bonds. The molecule has 1 aromatic carbocycles. The summed E-state index contributed by atoms with van der Waals surface area (Å²) < 4.78 is 13.7. The number of rotatable bonds is 6. The number of hydrogen-bond acceptors (Lipinski definition) is 2. The number of nitrogens with zero attached hydrogens (tertiary/aromatic N) is 1. The number of carbonyl (C=O) groups excluding carboxylic acids is 1. The summed E-state index contributed by atoms with van der Waals surface area (Å²) in [6.45, 7) is 3.12. The molecule has 1 aromatic rings. The summed E-state index contributed by atoms with van der Waals surface area (Å²) in [6.07, 6.45) is 10.1. The minimum Gasteiger partial charge on any atom is -0.356 e. The topological polar surface area (TPSA) is 32.3 Å². The molecule has 1 saturated heterocycles. The van der Waals surface area contributed by atoms with Crippen LogP contribution in [-0.4, -0.2) is 30.4 Å². The van der Waals surface area contributed by atoms with Crippen molar-refractivity contribution in [3.8, 4) is 0 Å². The summed E-state index contributed by atoms with van der Waals surface area (Å²) in [5.74, 6) is 0.165. The largest absolute Gasteiger partial charge is 0.356 e. The zero-order chi connectivity index (χ0) is 17.5. The number of nitrogens with one attached hydrogen (secondary N) is 1. The van der Waals surface area contributed by atoms with E-state index in [4.69, 9.17) is 0 Å². The molecule has 136 valence electrons. The van der Waals surface area contributed by atoms with E-state index in [1.165, 1.54) is 37.3 Å². The van der Waals surface area contributed by atoms with Gasteiger partial charge in [-0.05, 0) is 64.1 Å². The second kappa shape index (κ2) is 9.14. The number of likely N-dealkylation sites (tertiary alicyclic amines) is 1. The Morgan fingerprint density at radius 3 is 2.72 bits per heavy atom. The monoisotopic (exact) mass is 344 g/mol. The minimum atomic E-state index is -0.139. The Morgan fingerprint density at radius 2 is 2.00 bits per heavy atom. The average molecular weight is 344 g/mol. The van der Waals surface area contributed by atoms with Crippen molar-refractivity contribution in [2.45, 2.75) is 51.5 Å². The van der Waals surface area contributed by atoms with E-state index in [0.717, 1.165) is 44.5 Å². The van der Waals surface area contributed by atoms with Crippen molar-refractivity contribution < 1.29 is 9.18 Å². The number of piperidine rings is 1. The van der Waals surface area contributed by atoms with Gasteiger partial charge in [-0.25, -0.2) is 4.39 Å². The van der Waals surface area contributed by atoms with Crippen LogP contribution in [0.15, 0.2) is 35.9 Å². The maximum absolute atomic E-state index is 13.7. The first-order valence-corrected chi connectivity index (χ1v) is 9.64. The molecule has 25 heavy (non-hydrogen) atoms. The summed E-state index contributed by atoms with van der Waals surface area (Å²) in [6, 6.07) is 6.95. The first-order chi connectivity index (χ1) is 12.2. The van der Waals surface area contributed by atoms with Gasteiger partial charge >= 0.3 is 0 Å². The molecule has 1 fully saturated rings.